The van der Waals surface area contributed by atoms with Crippen LogP contribution in [-0.2, 0) is 0 Å². The van der Waals surface area contributed by atoms with E-state index >= 15 is 0 Å². The van der Waals surface area contributed by atoms with Crippen LogP contribution in [0.25, 0.3) is 55.7 Å². The second-order valence-electron chi connectivity index (χ2n) is 9.13. The summed E-state index contributed by atoms with van der Waals surface area (Å²) in [5.41, 5.74) is 9.40. The van der Waals surface area contributed by atoms with Gasteiger partial charge in [-0.2, -0.15) is 5.10 Å². The number of fused-ring (bicyclic) bond motifs is 2. The highest BCUT2D eigenvalue weighted by Crippen LogP contribution is 2.33. The summed E-state index contributed by atoms with van der Waals surface area (Å²) in [6, 6.07) is 18.5. The molecule has 0 atom stereocenters. The number of aromatic nitrogens is 6. The Balaban J connectivity index is 1.41. The van der Waals surface area contributed by atoms with Gasteiger partial charge in [0.05, 0.1) is 34.6 Å². The van der Waals surface area contributed by atoms with Crippen LogP contribution in [0.2, 0.25) is 0 Å². The van der Waals surface area contributed by atoms with Crippen molar-refractivity contribution in [3.05, 3.63) is 91.7 Å². The van der Waals surface area contributed by atoms with Crippen LogP contribution in [-0.4, -0.2) is 30.1 Å². The molecule has 0 unspecified atom stereocenters. The summed E-state index contributed by atoms with van der Waals surface area (Å²) in [6.07, 6.45) is 7.33. The lowest BCUT2D eigenvalue weighted by atomic mass is 10.0. The van der Waals surface area contributed by atoms with Gasteiger partial charge in [0.1, 0.15) is 5.69 Å². The molecule has 0 radical (unpaired) electrons. The molecule has 6 rings (SSSR count). The third-order valence-electron chi connectivity index (χ3n) is 6.34. The van der Waals surface area contributed by atoms with Crippen molar-refractivity contribution in [1.29, 1.82) is 0 Å². The van der Waals surface area contributed by atoms with Crippen LogP contribution in [0.5, 0.6) is 0 Å². The standard InChI is InChI=1S/C29H25N7/c1-17(2)18(3)32-22-11-21(13-30-14-22)20-9-10-25-23(12-20)28(36-35-25)29-33-26-16-31-15-24(27(26)34-29)19-7-5-4-6-8-19/h4-17,32H,3H2,1-2H3,(H,33,34)(H,35,36). The van der Waals surface area contributed by atoms with Crippen LogP contribution in [0, 0.1) is 5.92 Å². The average molecular weight is 472 g/mol. The van der Waals surface area contributed by atoms with Crippen molar-refractivity contribution in [3.8, 4) is 33.8 Å². The van der Waals surface area contributed by atoms with Gasteiger partial charge in [-0.25, -0.2) is 4.98 Å². The van der Waals surface area contributed by atoms with Crippen LogP contribution in [0.4, 0.5) is 5.69 Å². The normalized spacial score (nSPS) is 11.4. The van der Waals surface area contributed by atoms with Gasteiger partial charge in [-0.3, -0.25) is 15.1 Å². The molecule has 36 heavy (non-hydrogen) atoms. The maximum Gasteiger partial charge on any atom is 0.159 e. The third-order valence-corrected chi connectivity index (χ3v) is 6.34. The zero-order valence-electron chi connectivity index (χ0n) is 20.1. The molecule has 0 saturated carbocycles. The molecular weight excluding hydrogens is 446 g/mol. The molecule has 0 bridgehead atoms. The van der Waals surface area contributed by atoms with Gasteiger partial charge in [-0.1, -0.05) is 56.8 Å². The number of anilines is 1. The fraction of sp³-hybridized carbons (Fsp3) is 0.103. The van der Waals surface area contributed by atoms with E-state index in [1.165, 1.54) is 0 Å². The lowest BCUT2D eigenvalue weighted by Gasteiger charge is -2.13. The SMILES string of the molecule is C=C(Nc1cncc(-c2ccc3[nH]nc(-c4nc5c(-c6ccccc6)cncc5[nH]4)c3c2)c1)C(C)C. The topological polar surface area (TPSA) is 95.2 Å². The second kappa shape index (κ2) is 8.78. The number of hydrogen-bond acceptors (Lipinski definition) is 5. The molecule has 0 aliphatic rings. The van der Waals surface area contributed by atoms with Gasteiger partial charge in [0.25, 0.3) is 0 Å². The summed E-state index contributed by atoms with van der Waals surface area (Å²) in [5, 5.41) is 12.1. The molecule has 7 nitrogen and oxygen atoms in total. The first-order valence-corrected chi connectivity index (χ1v) is 11.9. The van der Waals surface area contributed by atoms with E-state index < -0.39 is 0 Å². The number of pyridine rings is 2. The Bertz CT molecular complexity index is 1710. The third kappa shape index (κ3) is 3.90. The molecule has 4 aromatic heterocycles. The predicted molar refractivity (Wildman–Crippen MR) is 145 cm³/mol. The lowest BCUT2D eigenvalue weighted by Crippen LogP contribution is -2.04. The highest BCUT2D eigenvalue weighted by atomic mass is 15.1. The molecule has 176 valence electrons. The van der Waals surface area contributed by atoms with Gasteiger partial charge >= 0.3 is 0 Å². The summed E-state index contributed by atoms with van der Waals surface area (Å²) < 4.78 is 0. The van der Waals surface area contributed by atoms with E-state index in [2.05, 4.69) is 81.2 Å². The molecule has 4 heterocycles. The van der Waals surface area contributed by atoms with E-state index in [0.717, 1.165) is 61.3 Å². The number of hydrogen-bond donors (Lipinski definition) is 3. The highest BCUT2D eigenvalue weighted by Gasteiger charge is 2.16. The van der Waals surface area contributed by atoms with Gasteiger partial charge in [0, 0.05) is 34.6 Å². The molecule has 0 fully saturated rings. The van der Waals surface area contributed by atoms with Gasteiger partial charge in [-0.15, -0.1) is 0 Å². The van der Waals surface area contributed by atoms with E-state index in [4.69, 9.17) is 4.98 Å². The van der Waals surface area contributed by atoms with Crippen LogP contribution < -0.4 is 5.32 Å². The second-order valence-corrected chi connectivity index (χ2v) is 9.13. The van der Waals surface area contributed by atoms with Gasteiger partial charge < -0.3 is 10.3 Å². The molecular formula is C29H25N7. The van der Waals surface area contributed by atoms with Crippen LogP contribution >= 0.6 is 0 Å². The quantitative estimate of drug-likeness (QED) is 0.248. The van der Waals surface area contributed by atoms with Crippen molar-refractivity contribution in [2.75, 3.05) is 5.32 Å². The van der Waals surface area contributed by atoms with Crippen molar-refractivity contribution in [3.63, 3.8) is 0 Å². The van der Waals surface area contributed by atoms with Crippen molar-refractivity contribution in [2.24, 2.45) is 5.92 Å². The average Bonchev–Trinajstić information content (AvgIpc) is 3.53. The molecule has 0 saturated heterocycles. The summed E-state index contributed by atoms with van der Waals surface area (Å²) in [6.45, 7) is 8.33. The van der Waals surface area contributed by atoms with Gasteiger partial charge in [0.2, 0.25) is 0 Å². The summed E-state index contributed by atoms with van der Waals surface area (Å²) in [5.74, 6) is 1.03. The van der Waals surface area contributed by atoms with E-state index in [1.54, 1.807) is 6.20 Å². The van der Waals surface area contributed by atoms with Crippen molar-refractivity contribution >= 4 is 27.6 Å². The first kappa shape index (κ1) is 21.7. The number of aromatic amines is 2. The first-order valence-electron chi connectivity index (χ1n) is 11.9. The van der Waals surface area contributed by atoms with Crippen LogP contribution in [0.3, 0.4) is 0 Å². The molecule has 7 heteroatoms. The molecule has 0 spiro atoms. The van der Waals surface area contributed by atoms with Crippen molar-refractivity contribution < 1.29 is 0 Å². The zero-order valence-corrected chi connectivity index (χ0v) is 20.1. The number of nitrogens with zero attached hydrogens (tertiary/aromatic N) is 4. The van der Waals surface area contributed by atoms with E-state index in [1.807, 2.05) is 42.9 Å². The molecule has 0 aliphatic heterocycles. The number of nitrogens with one attached hydrogen (secondary N) is 3. The Kier molecular flexibility index (Phi) is 5.30. The van der Waals surface area contributed by atoms with Gasteiger partial charge in [0.15, 0.2) is 5.82 Å². The first-order chi connectivity index (χ1) is 17.6. The van der Waals surface area contributed by atoms with E-state index in [-0.39, 0.29) is 0 Å². The maximum absolute atomic E-state index is 4.94. The van der Waals surface area contributed by atoms with Crippen LogP contribution in [0.1, 0.15) is 13.8 Å². The molecule has 2 aromatic carbocycles. The number of imidazole rings is 1. The minimum Gasteiger partial charge on any atom is -0.358 e. The van der Waals surface area contributed by atoms with E-state index in [9.17, 15) is 0 Å². The van der Waals surface area contributed by atoms with Gasteiger partial charge in [-0.05, 0) is 35.2 Å². The number of rotatable bonds is 6. The highest BCUT2D eigenvalue weighted by molar-refractivity contribution is 5.98. The van der Waals surface area contributed by atoms with Crippen molar-refractivity contribution in [2.45, 2.75) is 13.8 Å². The predicted octanol–water partition coefficient (Wildman–Crippen LogP) is 6.81. The summed E-state index contributed by atoms with van der Waals surface area (Å²) in [7, 11) is 0. The number of H-pyrrole nitrogens is 2. The zero-order chi connectivity index (χ0) is 24.6. The Morgan fingerprint density at radius 1 is 0.861 bits per heavy atom. The van der Waals surface area contributed by atoms with Crippen LogP contribution in [0.15, 0.2) is 91.7 Å². The molecule has 6 aromatic rings. The molecule has 3 N–H and O–H groups in total. The lowest BCUT2D eigenvalue weighted by molar-refractivity contribution is 0.778. The number of allylic oxidation sites excluding steroid dienone is 1. The molecule has 0 amide bonds. The van der Waals surface area contributed by atoms with Crippen molar-refractivity contribution in [1.82, 2.24) is 30.1 Å². The largest absolute Gasteiger partial charge is 0.358 e. The van der Waals surface area contributed by atoms with E-state index in [0.29, 0.717) is 11.7 Å². The fourth-order valence-electron chi connectivity index (χ4n) is 4.24. The number of benzene rings is 2. The minimum atomic E-state index is 0.333. The Morgan fingerprint density at radius 2 is 1.69 bits per heavy atom. The molecule has 0 aliphatic carbocycles. The monoisotopic (exact) mass is 471 g/mol. The summed E-state index contributed by atoms with van der Waals surface area (Å²) in [4.78, 5) is 17.2. The Hall–Kier alpha value is -4.78. The fourth-order valence-corrected chi connectivity index (χ4v) is 4.24. The maximum atomic E-state index is 4.94. The summed E-state index contributed by atoms with van der Waals surface area (Å²) >= 11 is 0. The Morgan fingerprint density at radius 3 is 2.53 bits per heavy atom. The minimum absolute atomic E-state index is 0.333. The Labute approximate surface area is 208 Å². The smallest absolute Gasteiger partial charge is 0.159 e.